The van der Waals surface area contributed by atoms with E-state index in [0.717, 1.165) is 10.7 Å². The molecule has 3 N–H and O–H groups in total. The summed E-state index contributed by atoms with van der Waals surface area (Å²) >= 11 is 6.47. The number of hydrazine groups is 1. The molecule has 0 radical (unpaired) electrons. The molecule has 1 rings (SSSR count). The first-order valence-electron chi connectivity index (χ1n) is 5.34. The number of methoxy groups -OCH3 is 1. The molecule has 0 unspecified atom stereocenters. The maximum Gasteiger partial charge on any atom is 0.244 e. The molecule has 18 heavy (non-hydrogen) atoms. The quantitative estimate of drug-likeness (QED) is 0.406. The lowest BCUT2D eigenvalue weighted by atomic mass is 10.3. The van der Waals surface area contributed by atoms with Crippen molar-refractivity contribution in [3.8, 4) is 0 Å². The molecule has 0 aliphatic carbocycles. The van der Waals surface area contributed by atoms with Crippen LogP contribution in [0.2, 0.25) is 0 Å². The van der Waals surface area contributed by atoms with E-state index in [-0.39, 0.29) is 12.3 Å². The number of aromatic nitrogens is 1. The molecular weight excluding hydrogens is 272 g/mol. The monoisotopic (exact) mass is 288 g/mol. The van der Waals surface area contributed by atoms with Crippen LogP contribution in [-0.4, -0.2) is 36.3 Å². The summed E-state index contributed by atoms with van der Waals surface area (Å²) in [6.07, 6.45) is 0.234. The van der Waals surface area contributed by atoms with Crippen LogP contribution in [0.25, 0.3) is 0 Å². The number of hydrogen-bond acceptors (Lipinski definition) is 5. The molecule has 0 saturated heterocycles. The summed E-state index contributed by atoms with van der Waals surface area (Å²) in [6.45, 7) is 3.04. The molecule has 1 amide bonds. The minimum absolute atomic E-state index is 0.184. The van der Waals surface area contributed by atoms with Crippen molar-refractivity contribution in [1.82, 2.24) is 21.2 Å². The van der Waals surface area contributed by atoms with Gasteiger partial charge in [0.15, 0.2) is 5.11 Å². The van der Waals surface area contributed by atoms with E-state index < -0.39 is 0 Å². The van der Waals surface area contributed by atoms with Gasteiger partial charge in [0.2, 0.25) is 5.91 Å². The fraction of sp³-hybridized carbons (Fsp3) is 0.500. The van der Waals surface area contributed by atoms with Crippen molar-refractivity contribution >= 4 is 34.6 Å². The van der Waals surface area contributed by atoms with Crippen LogP contribution in [0.15, 0.2) is 5.38 Å². The Balaban J connectivity index is 2.18. The molecule has 0 aliphatic rings. The standard InChI is InChI=1S/C10H16N4O2S2/c1-7-12-8(6-18-7)5-9(15)13-14-10(17)11-3-4-16-2/h6H,3-5H2,1-2H3,(H,13,15)(H2,11,14,17). The molecule has 0 fully saturated rings. The van der Waals surface area contributed by atoms with Gasteiger partial charge in [0.1, 0.15) is 0 Å². The number of hydrogen-bond donors (Lipinski definition) is 3. The maximum atomic E-state index is 11.5. The summed E-state index contributed by atoms with van der Waals surface area (Å²) in [5.74, 6) is -0.184. The van der Waals surface area contributed by atoms with Crippen LogP contribution in [0, 0.1) is 6.92 Å². The highest BCUT2D eigenvalue weighted by atomic mass is 32.1. The molecule has 8 heteroatoms. The van der Waals surface area contributed by atoms with Crippen LogP contribution in [0.4, 0.5) is 0 Å². The molecule has 1 heterocycles. The highest BCUT2D eigenvalue weighted by Gasteiger charge is 2.06. The molecule has 6 nitrogen and oxygen atoms in total. The average Bonchev–Trinajstić information content (AvgIpc) is 2.72. The van der Waals surface area contributed by atoms with Crippen LogP contribution in [-0.2, 0) is 16.0 Å². The predicted octanol–water partition coefficient (Wildman–Crippen LogP) is 0.136. The summed E-state index contributed by atoms with van der Waals surface area (Å²) in [7, 11) is 1.61. The van der Waals surface area contributed by atoms with E-state index in [2.05, 4.69) is 21.2 Å². The Morgan fingerprint density at radius 1 is 1.56 bits per heavy atom. The molecule has 0 aromatic carbocycles. The second-order valence-corrected chi connectivity index (χ2v) is 4.93. The largest absolute Gasteiger partial charge is 0.383 e. The van der Waals surface area contributed by atoms with Crippen molar-refractivity contribution in [2.24, 2.45) is 0 Å². The number of nitrogens with zero attached hydrogens (tertiary/aromatic N) is 1. The van der Waals surface area contributed by atoms with Gasteiger partial charge in [-0.05, 0) is 19.1 Å². The normalized spacial score (nSPS) is 9.89. The van der Waals surface area contributed by atoms with Gasteiger partial charge < -0.3 is 10.1 Å². The van der Waals surface area contributed by atoms with Gasteiger partial charge in [-0.3, -0.25) is 15.6 Å². The lowest BCUT2D eigenvalue weighted by Gasteiger charge is -2.10. The van der Waals surface area contributed by atoms with E-state index in [0.29, 0.717) is 18.3 Å². The van der Waals surface area contributed by atoms with E-state index in [1.807, 2.05) is 12.3 Å². The Hall–Kier alpha value is -1.25. The zero-order valence-corrected chi connectivity index (χ0v) is 11.9. The van der Waals surface area contributed by atoms with Crippen molar-refractivity contribution in [2.45, 2.75) is 13.3 Å². The molecular formula is C10H16N4O2S2. The van der Waals surface area contributed by atoms with Gasteiger partial charge in [-0.2, -0.15) is 0 Å². The average molecular weight is 288 g/mol. The number of ether oxygens (including phenoxy) is 1. The smallest absolute Gasteiger partial charge is 0.244 e. The third-order valence-electron chi connectivity index (χ3n) is 1.92. The number of aryl methyl sites for hydroxylation is 1. The van der Waals surface area contributed by atoms with Gasteiger partial charge in [0.25, 0.3) is 0 Å². The SMILES string of the molecule is COCCNC(=S)NNC(=O)Cc1csc(C)n1. The van der Waals surface area contributed by atoms with Gasteiger partial charge in [0, 0.05) is 19.0 Å². The van der Waals surface area contributed by atoms with Crippen molar-refractivity contribution < 1.29 is 9.53 Å². The second kappa shape index (κ2) is 7.96. The van der Waals surface area contributed by atoms with E-state index in [9.17, 15) is 4.79 Å². The third-order valence-corrected chi connectivity index (χ3v) is 2.98. The molecule has 1 aromatic heterocycles. The lowest BCUT2D eigenvalue weighted by Crippen LogP contribution is -2.47. The number of thiocarbonyl (C=S) groups is 1. The Bertz CT molecular complexity index is 408. The Morgan fingerprint density at radius 2 is 2.33 bits per heavy atom. The molecule has 1 aromatic rings. The highest BCUT2D eigenvalue weighted by molar-refractivity contribution is 7.80. The molecule has 0 aliphatic heterocycles. The van der Waals surface area contributed by atoms with Crippen molar-refractivity contribution in [1.29, 1.82) is 0 Å². The fourth-order valence-corrected chi connectivity index (χ4v) is 1.90. The van der Waals surface area contributed by atoms with Crippen LogP contribution in [0.3, 0.4) is 0 Å². The Kier molecular flexibility index (Phi) is 6.55. The fourth-order valence-electron chi connectivity index (χ4n) is 1.14. The summed E-state index contributed by atoms with van der Waals surface area (Å²) < 4.78 is 4.85. The molecule has 0 saturated carbocycles. The third kappa shape index (κ3) is 5.89. The Labute approximate surface area is 115 Å². The Morgan fingerprint density at radius 3 is 2.94 bits per heavy atom. The molecule has 100 valence electrons. The zero-order valence-electron chi connectivity index (χ0n) is 10.3. The minimum atomic E-state index is -0.184. The number of nitrogens with one attached hydrogen (secondary N) is 3. The first kappa shape index (κ1) is 14.8. The topological polar surface area (TPSA) is 75.3 Å². The minimum Gasteiger partial charge on any atom is -0.383 e. The molecule has 0 bridgehead atoms. The number of carbonyl (C=O) groups excluding carboxylic acids is 1. The second-order valence-electron chi connectivity index (χ2n) is 3.46. The highest BCUT2D eigenvalue weighted by Crippen LogP contribution is 2.07. The number of thiazole rings is 1. The van der Waals surface area contributed by atoms with Crippen molar-refractivity contribution in [3.63, 3.8) is 0 Å². The first-order valence-corrected chi connectivity index (χ1v) is 6.63. The summed E-state index contributed by atoms with van der Waals surface area (Å²) in [5.41, 5.74) is 5.87. The van der Waals surface area contributed by atoms with Gasteiger partial charge in [-0.1, -0.05) is 0 Å². The van der Waals surface area contributed by atoms with Gasteiger partial charge in [-0.15, -0.1) is 11.3 Å². The molecule has 0 atom stereocenters. The number of carbonyl (C=O) groups is 1. The molecule has 0 spiro atoms. The number of rotatable bonds is 5. The van der Waals surface area contributed by atoms with Gasteiger partial charge in [0.05, 0.1) is 23.7 Å². The van der Waals surface area contributed by atoms with Crippen molar-refractivity contribution in [2.75, 3.05) is 20.3 Å². The van der Waals surface area contributed by atoms with Crippen LogP contribution >= 0.6 is 23.6 Å². The maximum absolute atomic E-state index is 11.5. The predicted molar refractivity (Wildman–Crippen MR) is 74.3 cm³/mol. The van der Waals surface area contributed by atoms with Crippen LogP contribution in [0.5, 0.6) is 0 Å². The van der Waals surface area contributed by atoms with E-state index >= 15 is 0 Å². The lowest BCUT2D eigenvalue weighted by molar-refractivity contribution is -0.121. The van der Waals surface area contributed by atoms with Gasteiger partial charge >= 0.3 is 0 Å². The van der Waals surface area contributed by atoms with Crippen molar-refractivity contribution in [3.05, 3.63) is 16.1 Å². The van der Waals surface area contributed by atoms with Crippen LogP contribution < -0.4 is 16.2 Å². The summed E-state index contributed by atoms with van der Waals surface area (Å²) in [4.78, 5) is 15.7. The van der Waals surface area contributed by atoms with Gasteiger partial charge in [-0.25, -0.2) is 4.98 Å². The first-order chi connectivity index (χ1) is 8.61. The summed E-state index contributed by atoms with van der Waals surface area (Å²) in [6, 6.07) is 0. The number of amides is 1. The van der Waals surface area contributed by atoms with E-state index in [4.69, 9.17) is 17.0 Å². The van der Waals surface area contributed by atoms with Crippen LogP contribution in [0.1, 0.15) is 10.7 Å². The van der Waals surface area contributed by atoms with E-state index in [1.54, 1.807) is 7.11 Å². The summed E-state index contributed by atoms with van der Waals surface area (Å²) in [5, 5.41) is 6.04. The van der Waals surface area contributed by atoms with E-state index in [1.165, 1.54) is 11.3 Å². The zero-order chi connectivity index (χ0) is 13.4.